The lowest BCUT2D eigenvalue weighted by molar-refractivity contribution is 0.0368. The lowest BCUT2D eigenvalue weighted by Crippen LogP contribution is -2.42. The number of carbonyl (C=O) groups is 1. The molecule has 1 atom stereocenters. The van der Waals surface area contributed by atoms with E-state index in [4.69, 9.17) is 21.4 Å². The minimum Gasteiger partial charge on any atom is -0.478 e. The van der Waals surface area contributed by atoms with Crippen molar-refractivity contribution in [2.75, 3.05) is 38.2 Å². The van der Waals surface area contributed by atoms with Gasteiger partial charge in [-0.2, -0.15) is 0 Å². The van der Waals surface area contributed by atoms with Crippen LogP contribution in [-0.2, 0) is 4.74 Å². The minimum absolute atomic E-state index is 0.196. The summed E-state index contributed by atoms with van der Waals surface area (Å²) in [6.07, 6.45) is 0. The molecule has 1 unspecified atom stereocenters. The Hall–Kier alpha value is -1.30. The van der Waals surface area contributed by atoms with Crippen molar-refractivity contribution in [3.05, 3.63) is 28.8 Å². The van der Waals surface area contributed by atoms with Gasteiger partial charge < -0.3 is 15.2 Å². The highest BCUT2D eigenvalue weighted by molar-refractivity contribution is 6.33. The molecule has 110 valence electrons. The normalized spacial score (nSPS) is 17.7. The molecule has 5 nitrogen and oxygen atoms in total. The van der Waals surface area contributed by atoms with Crippen LogP contribution in [0, 0.1) is 0 Å². The van der Waals surface area contributed by atoms with Crippen LogP contribution in [0.5, 0.6) is 0 Å². The number of anilines is 1. The number of ether oxygens (including phenoxy) is 1. The van der Waals surface area contributed by atoms with Gasteiger partial charge in [-0.1, -0.05) is 11.6 Å². The molecule has 1 heterocycles. The lowest BCUT2D eigenvalue weighted by atomic mass is 10.2. The molecule has 0 aromatic heterocycles. The molecule has 2 N–H and O–H groups in total. The fourth-order valence-corrected chi connectivity index (χ4v) is 2.48. The van der Waals surface area contributed by atoms with Gasteiger partial charge >= 0.3 is 5.97 Å². The van der Waals surface area contributed by atoms with Gasteiger partial charge in [-0.3, -0.25) is 4.90 Å². The van der Waals surface area contributed by atoms with Crippen LogP contribution in [0.4, 0.5) is 5.69 Å². The van der Waals surface area contributed by atoms with Gasteiger partial charge in [0.15, 0.2) is 0 Å². The van der Waals surface area contributed by atoms with E-state index in [0.717, 1.165) is 38.5 Å². The second kappa shape index (κ2) is 6.92. The van der Waals surface area contributed by atoms with Crippen LogP contribution in [-0.4, -0.2) is 54.9 Å². The summed E-state index contributed by atoms with van der Waals surface area (Å²) in [6, 6.07) is 4.95. The molecule has 0 bridgehead atoms. The monoisotopic (exact) mass is 298 g/mol. The Morgan fingerprint density at radius 1 is 1.50 bits per heavy atom. The second-order valence-electron chi connectivity index (χ2n) is 4.96. The lowest BCUT2D eigenvalue weighted by Gasteiger charge is -2.29. The maximum atomic E-state index is 10.9. The zero-order chi connectivity index (χ0) is 14.5. The predicted molar refractivity (Wildman–Crippen MR) is 78.8 cm³/mol. The highest BCUT2D eigenvalue weighted by atomic mass is 35.5. The molecule has 1 fully saturated rings. The van der Waals surface area contributed by atoms with Gasteiger partial charge in [0.1, 0.15) is 0 Å². The first-order chi connectivity index (χ1) is 9.56. The number of hydrogen-bond acceptors (Lipinski definition) is 4. The number of aromatic carboxylic acids is 1. The van der Waals surface area contributed by atoms with Crippen LogP contribution in [0.1, 0.15) is 17.3 Å². The van der Waals surface area contributed by atoms with Crippen molar-refractivity contribution in [3.8, 4) is 0 Å². The molecular weight excluding hydrogens is 280 g/mol. The highest BCUT2D eigenvalue weighted by Gasteiger charge is 2.14. The number of hydrogen-bond donors (Lipinski definition) is 2. The number of carboxylic acid groups (broad SMARTS) is 1. The first-order valence-corrected chi connectivity index (χ1v) is 7.03. The Morgan fingerprint density at radius 3 is 2.80 bits per heavy atom. The number of carboxylic acids is 1. The molecular formula is C14H19ClN2O3. The zero-order valence-corrected chi connectivity index (χ0v) is 12.2. The van der Waals surface area contributed by atoms with Crippen molar-refractivity contribution in [1.29, 1.82) is 0 Å². The molecule has 0 radical (unpaired) electrons. The van der Waals surface area contributed by atoms with Crippen molar-refractivity contribution < 1.29 is 14.6 Å². The molecule has 0 amide bonds. The van der Waals surface area contributed by atoms with Crippen molar-refractivity contribution in [2.24, 2.45) is 0 Å². The van der Waals surface area contributed by atoms with Crippen LogP contribution in [0.15, 0.2) is 18.2 Å². The summed E-state index contributed by atoms with van der Waals surface area (Å²) in [6.45, 7) is 6.42. The number of nitrogens with one attached hydrogen (secondary N) is 1. The van der Waals surface area contributed by atoms with Gasteiger partial charge in [0.25, 0.3) is 0 Å². The van der Waals surface area contributed by atoms with Crippen molar-refractivity contribution in [2.45, 2.75) is 13.0 Å². The Kier molecular flexibility index (Phi) is 5.23. The van der Waals surface area contributed by atoms with E-state index >= 15 is 0 Å². The van der Waals surface area contributed by atoms with Gasteiger partial charge in [-0.15, -0.1) is 0 Å². The van der Waals surface area contributed by atoms with Gasteiger partial charge in [-0.05, 0) is 25.1 Å². The quantitative estimate of drug-likeness (QED) is 0.872. The number of benzene rings is 1. The zero-order valence-electron chi connectivity index (χ0n) is 11.4. The van der Waals surface area contributed by atoms with E-state index in [1.807, 2.05) is 0 Å². The number of rotatable bonds is 5. The molecule has 0 aliphatic carbocycles. The fraction of sp³-hybridized carbons (Fsp3) is 0.500. The number of halogens is 1. The molecule has 0 spiro atoms. The number of nitrogens with zero attached hydrogens (tertiary/aromatic N) is 1. The van der Waals surface area contributed by atoms with E-state index in [9.17, 15) is 4.79 Å². The summed E-state index contributed by atoms with van der Waals surface area (Å²) in [5.74, 6) is -0.972. The summed E-state index contributed by atoms with van der Waals surface area (Å²) in [5.41, 5.74) is 0.957. The van der Waals surface area contributed by atoms with E-state index in [2.05, 4.69) is 17.1 Å². The summed E-state index contributed by atoms with van der Waals surface area (Å²) in [5, 5.41) is 12.6. The smallest absolute Gasteiger partial charge is 0.335 e. The third-order valence-electron chi connectivity index (χ3n) is 3.25. The Balaban J connectivity index is 1.93. The summed E-state index contributed by atoms with van der Waals surface area (Å²) >= 11 is 6.10. The molecule has 1 aliphatic rings. The van der Waals surface area contributed by atoms with Crippen LogP contribution in [0.25, 0.3) is 0 Å². The maximum absolute atomic E-state index is 10.9. The average Bonchev–Trinajstić information content (AvgIpc) is 2.42. The van der Waals surface area contributed by atoms with Gasteiger partial charge in [0.2, 0.25) is 0 Å². The molecule has 1 aliphatic heterocycles. The highest BCUT2D eigenvalue weighted by Crippen LogP contribution is 2.24. The Bertz CT molecular complexity index is 475. The van der Waals surface area contributed by atoms with Crippen molar-refractivity contribution in [3.63, 3.8) is 0 Å². The third kappa shape index (κ3) is 4.10. The first-order valence-electron chi connectivity index (χ1n) is 6.66. The largest absolute Gasteiger partial charge is 0.478 e. The molecule has 1 aromatic rings. The average molecular weight is 299 g/mol. The molecule has 1 aromatic carbocycles. The topological polar surface area (TPSA) is 61.8 Å². The second-order valence-corrected chi connectivity index (χ2v) is 5.37. The van der Waals surface area contributed by atoms with E-state index < -0.39 is 5.97 Å². The standard InChI is InChI=1S/C14H19ClN2O3/c1-10(9-17-4-6-20-7-5-17)16-13-3-2-11(14(18)19)8-12(13)15/h2-3,8,10,16H,4-7,9H2,1H3,(H,18,19). The van der Waals surface area contributed by atoms with E-state index in [1.165, 1.54) is 6.07 Å². The molecule has 0 saturated carbocycles. The van der Waals surface area contributed by atoms with Crippen LogP contribution < -0.4 is 5.32 Å². The summed E-state index contributed by atoms with van der Waals surface area (Å²) in [4.78, 5) is 13.2. The molecule has 2 rings (SSSR count). The Morgan fingerprint density at radius 2 is 2.20 bits per heavy atom. The van der Waals surface area contributed by atoms with Crippen LogP contribution >= 0.6 is 11.6 Å². The maximum Gasteiger partial charge on any atom is 0.335 e. The molecule has 20 heavy (non-hydrogen) atoms. The molecule has 6 heteroatoms. The van der Waals surface area contributed by atoms with E-state index in [0.29, 0.717) is 5.02 Å². The van der Waals surface area contributed by atoms with Gasteiger partial charge in [-0.25, -0.2) is 4.79 Å². The van der Waals surface area contributed by atoms with E-state index in [-0.39, 0.29) is 11.6 Å². The predicted octanol–water partition coefficient (Wildman–Crippen LogP) is 2.17. The first kappa shape index (κ1) is 15.1. The van der Waals surface area contributed by atoms with Crippen molar-refractivity contribution >= 4 is 23.3 Å². The third-order valence-corrected chi connectivity index (χ3v) is 3.57. The minimum atomic E-state index is -0.972. The number of morpholine rings is 1. The van der Waals surface area contributed by atoms with Crippen molar-refractivity contribution in [1.82, 2.24) is 4.90 Å². The Labute approximate surface area is 123 Å². The summed E-state index contributed by atoms with van der Waals surface area (Å²) in [7, 11) is 0. The van der Waals surface area contributed by atoms with Crippen LogP contribution in [0.2, 0.25) is 5.02 Å². The van der Waals surface area contributed by atoms with E-state index in [1.54, 1.807) is 12.1 Å². The van der Waals surface area contributed by atoms with Crippen LogP contribution in [0.3, 0.4) is 0 Å². The summed E-state index contributed by atoms with van der Waals surface area (Å²) < 4.78 is 5.32. The van der Waals surface area contributed by atoms with Gasteiger partial charge in [0, 0.05) is 25.7 Å². The SMILES string of the molecule is CC(CN1CCOCC1)Nc1ccc(C(=O)O)cc1Cl. The fourth-order valence-electron chi connectivity index (χ4n) is 2.25. The van der Waals surface area contributed by atoms with Gasteiger partial charge in [0.05, 0.1) is 29.5 Å². The molecule has 1 saturated heterocycles.